The second-order valence-electron chi connectivity index (χ2n) is 7.73. The normalized spacial score (nSPS) is 14.3. The van der Waals surface area contributed by atoms with E-state index in [2.05, 4.69) is 4.90 Å². The number of hydrogen-bond donors (Lipinski definition) is 0. The van der Waals surface area contributed by atoms with E-state index >= 15 is 0 Å². The fourth-order valence-corrected chi connectivity index (χ4v) is 5.04. The smallest absolute Gasteiger partial charge is 0.264 e. The number of anilines is 2. The van der Waals surface area contributed by atoms with Gasteiger partial charge in [0.25, 0.3) is 15.9 Å². The third-order valence-electron chi connectivity index (χ3n) is 5.71. The predicted octanol–water partition coefficient (Wildman–Crippen LogP) is 4.27. The van der Waals surface area contributed by atoms with Gasteiger partial charge in [-0.05, 0) is 72.8 Å². The third-order valence-corrected chi connectivity index (χ3v) is 7.76. The molecule has 3 aromatic carbocycles. The number of sulfonamides is 1. The molecule has 4 rings (SSSR count). The topological polar surface area (TPSA) is 60.9 Å². The fourth-order valence-electron chi connectivity index (χ4n) is 3.72. The van der Waals surface area contributed by atoms with Crippen molar-refractivity contribution < 1.29 is 17.6 Å². The lowest BCUT2D eigenvalue weighted by atomic mass is 10.1. The summed E-state index contributed by atoms with van der Waals surface area (Å²) >= 11 is 5.85. The van der Waals surface area contributed by atoms with Crippen LogP contribution in [-0.2, 0) is 10.0 Å². The lowest BCUT2D eigenvalue weighted by Crippen LogP contribution is -2.48. The summed E-state index contributed by atoms with van der Waals surface area (Å²) in [6.45, 7) is 2.39. The number of benzene rings is 3. The molecule has 1 heterocycles. The molecule has 172 valence electrons. The maximum Gasteiger partial charge on any atom is 0.264 e. The van der Waals surface area contributed by atoms with Gasteiger partial charge >= 0.3 is 0 Å². The molecule has 0 aromatic heterocycles. The van der Waals surface area contributed by atoms with Crippen molar-refractivity contribution in [3.05, 3.63) is 89.2 Å². The van der Waals surface area contributed by atoms with E-state index in [1.807, 2.05) is 0 Å². The zero-order chi connectivity index (χ0) is 23.6. The van der Waals surface area contributed by atoms with Gasteiger partial charge in [0.05, 0.1) is 10.6 Å². The van der Waals surface area contributed by atoms with Gasteiger partial charge in [0.2, 0.25) is 0 Å². The van der Waals surface area contributed by atoms with Crippen molar-refractivity contribution in [2.45, 2.75) is 4.90 Å². The summed E-state index contributed by atoms with van der Waals surface area (Å²) in [6.07, 6.45) is 0. The second-order valence-corrected chi connectivity index (χ2v) is 10.1. The van der Waals surface area contributed by atoms with Crippen molar-refractivity contribution in [3.8, 4) is 0 Å². The molecular formula is C24H23ClFN3O3S. The highest BCUT2D eigenvalue weighted by Crippen LogP contribution is 2.24. The molecule has 1 aliphatic heterocycles. The average Bonchev–Trinajstić information content (AvgIpc) is 2.84. The molecule has 0 spiro atoms. The number of nitrogens with zero attached hydrogens (tertiary/aromatic N) is 3. The summed E-state index contributed by atoms with van der Waals surface area (Å²) in [5.74, 6) is -0.383. The van der Waals surface area contributed by atoms with Gasteiger partial charge in [-0.15, -0.1) is 0 Å². The first-order chi connectivity index (χ1) is 15.8. The zero-order valence-corrected chi connectivity index (χ0v) is 19.6. The number of carbonyl (C=O) groups excluding carboxylic acids is 1. The number of amides is 1. The number of hydrogen-bond acceptors (Lipinski definition) is 4. The van der Waals surface area contributed by atoms with Crippen LogP contribution in [0, 0.1) is 5.82 Å². The van der Waals surface area contributed by atoms with Gasteiger partial charge in [-0.25, -0.2) is 12.8 Å². The van der Waals surface area contributed by atoms with Crippen LogP contribution in [0.5, 0.6) is 0 Å². The van der Waals surface area contributed by atoms with Crippen molar-refractivity contribution in [2.24, 2.45) is 0 Å². The van der Waals surface area contributed by atoms with Gasteiger partial charge < -0.3 is 9.80 Å². The summed E-state index contributed by atoms with van der Waals surface area (Å²) in [6, 6.07) is 18.8. The Labute approximate surface area is 197 Å². The minimum Gasteiger partial charge on any atom is -0.368 e. The lowest BCUT2D eigenvalue weighted by molar-refractivity contribution is 0.0747. The molecule has 0 N–H and O–H groups in total. The highest BCUT2D eigenvalue weighted by molar-refractivity contribution is 7.92. The fraction of sp³-hybridized carbons (Fsp3) is 0.208. The van der Waals surface area contributed by atoms with E-state index in [-0.39, 0.29) is 16.6 Å². The predicted molar refractivity (Wildman–Crippen MR) is 128 cm³/mol. The lowest BCUT2D eigenvalue weighted by Gasteiger charge is -2.36. The van der Waals surface area contributed by atoms with Crippen LogP contribution in [0.1, 0.15) is 10.4 Å². The molecule has 0 bridgehead atoms. The molecule has 0 unspecified atom stereocenters. The Bertz CT molecular complexity index is 1230. The van der Waals surface area contributed by atoms with E-state index in [4.69, 9.17) is 11.6 Å². The van der Waals surface area contributed by atoms with Crippen molar-refractivity contribution in [2.75, 3.05) is 42.4 Å². The molecular weight excluding hydrogens is 465 g/mol. The number of rotatable bonds is 5. The molecule has 1 amide bonds. The molecule has 1 saturated heterocycles. The first-order valence-electron chi connectivity index (χ1n) is 10.4. The molecule has 0 saturated carbocycles. The largest absolute Gasteiger partial charge is 0.368 e. The molecule has 33 heavy (non-hydrogen) atoms. The van der Waals surface area contributed by atoms with E-state index in [9.17, 15) is 17.6 Å². The van der Waals surface area contributed by atoms with Gasteiger partial charge in [-0.1, -0.05) is 11.6 Å². The van der Waals surface area contributed by atoms with Crippen molar-refractivity contribution in [1.82, 2.24) is 4.90 Å². The van der Waals surface area contributed by atoms with E-state index in [0.717, 1.165) is 5.69 Å². The highest BCUT2D eigenvalue weighted by Gasteiger charge is 2.24. The van der Waals surface area contributed by atoms with E-state index in [1.54, 1.807) is 41.3 Å². The van der Waals surface area contributed by atoms with E-state index < -0.39 is 10.0 Å². The molecule has 0 atom stereocenters. The van der Waals surface area contributed by atoms with Crippen molar-refractivity contribution in [3.63, 3.8) is 0 Å². The van der Waals surface area contributed by atoms with Crippen LogP contribution in [0.2, 0.25) is 5.02 Å². The number of carbonyl (C=O) groups is 1. The molecule has 0 radical (unpaired) electrons. The van der Waals surface area contributed by atoms with Gasteiger partial charge in [0, 0.05) is 49.5 Å². The van der Waals surface area contributed by atoms with Crippen LogP contribution in [0.25, 0.3) is 0 Å². The van der Waals surface area contributed by atoms with E-state index in [0.29, 0.717) is 42.5 Å². The standard InChI is InChI=1S/C24H23ClFN3O3S/c1-27(33(31,32)23-12-4-19(25)5-13-23)21-8-2-18(3-9-21)24(30)29-16-14-28(15-17-29)22-10-6-20(26)7-11-22/h2-13H,14-17H2,1H3. The maximum atomic E-state index is 13.1. The summed E-state index contributed by atoms with van der Waals surface area (Å²) in [5.41, 5.74) is 1.87. The van der Waals surface area contributed by atoms with Crippen LogP contribution in [0.15, 0.2) is 77.7 Å². The summed E-state index contributed by atoms with van der Waals surface area (Å²) < 4.78 is 40.0. The summed E-state index contributed by atoms with van der Waals surface area (Å²) in [7, 11) is -2.28. The SMILES string of the molecule is CN(c1ccc(C(=O)N2CCN(c3ccc(F)cc3)CC2)cc1)S(=O)(=O)c1ccc(Cl)cc1. The van der Waals surface area contributed by atoms with Gasteiger partial charge in [-0.2, -0.15) is 0 Å². The Morgan fingerprint density at radius 3 is 2.03 bits per heavy atom. The average molecular weight is 488 g/mol. The van der Waals surface area contributed by atoms with Crippen LogP contribution >= 0.6 is 11.6 Å². The van der Waals surface area contributed by atoms with Crippen LogP contribution in [-0.4, -0.2) is 52.5 Å². The van der Waals surface area contributed by atoms with E-state index in [1.165, 1.54) is 47.8 Å². The Morgan fingerprint density at radius 1 is 0.879 bits per heavy atom. The molecule has 1 fully saturated rings. The number of piperazine rings is 1. The molecule has 6 nitrogen and oxygen atoms in total. The quantitative estimate of drug-likeness (QED) is 0.539. The monoisotopic (exact) mass is 487 g/mol. The molecule has 0 aliphatic carbocycles. The Balaban J connectivity index is 1.41. The number of halogens is 2. The van der Waals surface area contributed by atoms with Crippen LogP contribution in [0.4, 0.5) is 15.8 Å². The Morgan fingerprint density at radius 2 is 1.45 bits per heavy atom. The minimum atomic E-state index is -3.75. The van der Waals surface area contributed by atoms with Gasteiger partial charge in [-0.3, -0.25) is 9.10 Å². The molecule has 9 heteroatoms. The summed E-state index contributed by atoms with van der Waals surface area (Å²) in [4.78, 5) is 16.9. The summed E-state index contributed by atoms with van der Waals surface area (Å²) in [5, 5.41) is 0.456. The minimum absolute atomic E-state index is 0.108. The van der Waals surface area contributed by atoms with Crippen molar-refractivity contribution >= 4 is 38.9 Å². The maximum absolute atomic E-state index is 13.1. The first-order valence-corrected chi connectivity index (χ1v) is 12.2. The first kappa shape index (κ1) is 23.1. The third kappa shape index (κ3) is 4.96. The Kier molecular flexibility index (Phi) is 6.58. The highest BCUT2D eigenvalue weighted by atomic mass is 35.5. The second kappa shape index (κ2) is 9.41. The van der Waals surface area contributed by atoms with Gasteiger partial charge in [0.1, 0.15) is 5.82 Å². The zero-order valence-electron chi connectivity index (χ0n) is 18.0. The van der Waals surface area contributed by atoms with Crippen molar-refractivity contribution in [1.29, 1.82) is 0 Å². The Hall–Kier alpha value is -3.10. The van der Waals surface area contributed by atoms with Crippen LogP contribution < -0.4 is 9.21 Å². The van der Waals surface area contributed by atoms with Crippen LogP contribution in [0.3, 0.4) is 0 Å². The van der Waals surface area contributed by atoms with Gasteiger partial charge in [0.15, 0.2) is 0 Å². The molecule has 1 aliphatic rings. The molecule has 3 aromatic rings.